The van der Waals surface area contributed by atoms with Gasteiger partial charge in [0.1, 0.15) is 5.75 Å². The molecule has 0 spiro atoms. The van der Waals surface area contributed by atoms with Crippen LogP contribution in [0.2, 0.25) is 5.02 Å². The highest BCUT2D eigenvalue weighted by atomic mass is 35.5. The Morgan fingerprint density at radius 2 is 2.14 bits per heavy atom. The summed E-state index contributed by atoms with van der Waals surface area (Å²) in [6.45, 7) is 3.09. The molecule has 6 heteroatoms. The first kappa shape index (κ1) is 14.6. The minimum atomic E-state index is -0.229. The molecule has 2 bridgehead atoms. The first-order chi connectivity index (χ1) is 10.1. The van der Waals surface area contributed by atoms with Gasteiger partial charge in [-0.15, -0.1) is 0 Å². The standard InChI is InChI=1S/C15H20ClN3O2/c1-21-14-3-2-11(16)8-12(14)15(20)19(17)13-9-18-6-4-10(13)5-7-18/h2-3,8,10,13H,4-7,9,17H2,1H3. The van der Waals surface area contributed by atoms with Crippen LogP contribution < -0.4 is 10.6 Å². The Morgan fingerprint density at radius 1 is 1.43 bits per heavy atom. The van der Waals surface area contributed by atoms with Crippen LogP contribution in [-0.4, -0.2) is 48.6 Å². The van der Waals surface area contributed by atoms with Crippen LogP contribution in [0.25, 0.3) is 0 Å². The molecule has 1 aromatic rings. The number of fused-ring (bicyclic) bond motifs is 3. The van der Waals surface area contributed by atoms with Crippen molar-refractivity contribution >= 4 is 17.5 Å². The van der Waals surface area contributed by atoms with E-state index in [-0.39, 0.29) is 11.9 Å². The molecule has 0 saturated carbocycles. The maximum atomic E-state index is 12.7. The molecule has 2 N–H and O–H groups in total. The number of halogens is 1. The van der Waals surface area contributed by atoms with Gasteiger partial charge in [0.05, 0.1) is 18.7 Å². The predicted molar refractivity (Wildman–Crippen MR) is 81.3 cm³/mol. The Bertz CT molecular complexity index is 544. The number of rotatable bonds is 3. The fourth-order valence-electron chi connectivity index (χ4n) is 3.39. The number of methoxy groups -OCH3 is 1. The van der Waals surface area contributed by atoms with Crippen LogP contribution in [0.5, 0.6) is 5.75 Å². The number of nitrogens with two attached hydrogens (primary N) is 1. The molecule has 1 unspecified atom stereocenters. The smallest absolute Gasteiger partial charge is 0.271 e. The zero-order valence-electron chi connectivity index (χ0n) is 12.1. The molecule has 5 nitrogen and oxygen atoms in total. The summed E-state index contributed by atoms with van der Waals surface area (Å²) < 4.78 is 5.25. The van der Waals surface area contributed by atoms with E-state index in [0.717, 1.165) is 32.5 Å². The number of hydrogen-bond donors (Lipinski definition) is 1. The molecule has 3 aliphatic heterocycles. The van der Waals surface area contributed by atoms with E-state index in [1.807, 2.05) is 0 Å². The SMILES string of the molecule is COc1ccc(Cl)cc1C(=O)N(N)C1CN2CCC1CC2. The molecular formula is C15H20ClN3O2. The molecule has 3 heterocycles. The number of nitrogens with zero attached hydrogens (tertiary/aromatic N) is 2. The first-order valence-electron chi connectivity index (χ1n) is 7.24. The van der Waals surface area contributed by atoms with Crippen LogP contribution in [0.4, 0.5) is 0 Å². The zero-order valence-corrected chi connectivity index (χ0v) is 12.8. The number of carbonyl (C=O) groups excluding carboxylic acids is 1. The Balaban J connectivity index is 1.83. The van der Waals surface area contributed by atoms with Gasteiger partial charge in [0, 0.05) is 11.6 Å². The largest absolute Gasteiger partial charge is 0.496 e. The fourth-order valence-corrected chi connectivity index (χ4v) is 3.56. The van der Waals surface area contributed by atoms with Gasteiger partial charge in [-0.1, -0.05) is 11.6 Å². The predicted octanol–water partition coefficient (Wildman–Crippen LogP) is 1.76. The van der Waals surface area contributed by atoms with Crippen molar-refractivity contribution in [3.63, 3.8) is 0 Å². The van der Waals surface area contributed by atoms with Gasteiger partial charge in [-0.05, 0) is 50.0 Å². The molecule has 3 aliphatic rings. The van der Waals surface area contributed by atoms with Crippen molar-refractivity contribution in [2.24, 2.45) is 11.8 Å². The summed E-state index contributed by atoms with van der Waals surface area (Å²) in [6, 6.07) is 5.08. The number of amides is 1. The summed E-state index contributed by atoms with van der Waals surface area (Å²) in [5.41, 5.74) is 0.420. The lowest BCUT2D eigenvalue weighted by Gasteiger charge is -2.47. The fraction of sp³-hybridized carbons (Fsp3) is 0.533. The number of carbonyl (C=O) groups is 1. The van der Waals surface area contributed by atoms with Crippen molar-refractivity contribution in [2.45, 2.75) is 18.9 Å². The van der Waals surface area contributed by atoms with Crippen molar-refractivity contribution < 1.29 is 9.53 Å². The van der Waals surface area contributed by atoms with Crippen LogP contribution in [0.3, 0.4) is 0 Å². The van der Waals surface area contributed by atoms with Crippen LogP contribution in [0.1, 0.15) is 23.2 Å². The highest BCUT2D eigenvalue weighted by Crippen LogP contribution is 2.31. The molecule has 0 aliphatic carbocycles. The summed E-state index contributed by atoms with van der Waals surface area (Å²) in [4.78, 5) is 15.1. The number of hydrogen-bond acceptors (Lipinski definition) is 4. The van der Waals surface area contributed by atoms with E-state index in [2.05, 4.69) is 4.90 Å². The first-order valence-corrected chi connectivity index (χ1v) is 7.62. The van der Waals surface area contributed by atoms with Crippen molar-refractivity contribution in [3.05, 3.63) is 28.8 Å². The maximum Gasteiger partial charge on any atom is 0.271 e. The molecule has 0 aromatic heterocycles. The van der Waals surface area contributed by atoms with Crippen LogP contribution in [0, 0.1) is 5.92 Å². The molecular weight excluding hydrogens is 290 g/mol. The Hall–Kier alpha value is -1.30. The van der Waals surface area contributed by atoms with E-state index < -0.39 is 0 Å². The summed E-state index contributed by atoms with van der Waals surface area (Å²) in [5.74, 6) is 6.91. The van der Waals surface area contributed by atoms with Crippen LogP contribution >= 0.6 is 11.6 Å². The van der Waals surface area contributed by atoms with Crippen molar-refractivity contribution in [1.29, 1.82) is 0 Å². The maximum absolute atomic E-state index is 12.7. The second-order valence-corrected chi connectivity index (χ2v) is 6.20. The zero-order chi connectivity index (χ0) is 15.0. The lowest BCUT2D eigenvalue weighted by atomic mass is 9.83. The number of piperidine rings is 3. The van der Waals surface area contributed by atoms with Crippen LogP contribution in [0.15, 0.2) is 18.2 Å². The summed E-state index contributed by atoms with van der Waals surface area (Å²) in [5, 5.41) is 1.88. The lowest BCUT2D eigenvalue weighted by molar-refractivity contribution is 0.00696. The molecule has 0 radical (unpaired) electrons. The molecule has 114 valence electrons. The van der Waals surface area contributed by atoms with Gasteiger partial charge in [-0.25, -0.2) is 5.84 Å². The topological polar surface area (TPSA) is 58.8 Å². The highest BCUT2D eigenvalue weighted by molar-refractivity contribution is 6.31. The molecule has 3 fully saturated rings. The van der Waals surface area contributed by atoms with Gasteiger partial charge in [-0.2, -0.15) is 0 Å². The van der Waals surface area contributed by atoms with E-state index in [1.54, 1.807) is 18.2 Å². The van der Waals surface area contributed by atoms with E-state index >= 15 is 0 Å². The highest BCUT2D eigenvalue weighted by Gasteiger charge is 2.39. The second kappa shape index (κ2) is 5.83. The normalized spacial score (nSPS) is 27.5. The Morgan fingerprint density at radius 3 is 2.71 bits per heavy atom. The van der Waals surface area contributed by atoms with Gasteiger partial charge >= 0.3 is 0 Å². The van der Waals surface area contributed by atoms with Gasteiger partial charge in [0.25, 0.3) is 5.91 Å². The van der Waals surface area contributed by atoms with Gasteiger partial charge < -0.3 is 9.64 Å². The van der Waals surface area contributed by atoms with E-state index in [0.29, 0.717) is 22.3 Å². The van der Waals surface area contributed by atoms with Crippen molar-refractivity contribution in [2.75, 3.05) is 26.7 Å². The summed E-state index contributed by atoms with van der Waals surface area (Å²) in [6.07, 6.45) is 2.22. The Labute approximate surface area is 129 Å². The molecule has 3 saturated heterocycles. The van der Waals surface area contributed by atoms with Crippen molar-refractivity contribution in [3.8, 4) is 5.75 Å². The Kier molecular flexibility index (Phi) is 4.06. The van der Waals surface area contributed by atoms with E-state index in [4.69, 9.17) is 22.2 Å². The molecule has 1 amide bonds. The minimum absolute atomic E-state index is 0.0729. The van der Waals surface area contributed by atoms with Crippen molar-refractivity contribution in [1.82, 2.24) is 9.91 Å². The quantitative estimate of drug-likeness (QED) is 0.525. The number of hydrazine groups is 1. The van der Waals surface area contributed by atoms with Crippen LogP contribution in [-0.2, 0) is 0 Å². The van der Waals surface area contributed by atoms with Gasteiger partial charge in [-0.3, -0.25) is 9.80 Å². The lowest BCUT2D eigenvalue weighted by Crippen LogP contribution is -2.60. The minimum Gasteiger partial charge on any atom is -0.496 e. The monoisotopic (exact) mass is 309 g/mol. The molecule has 1 atom stereocenters. The van der Waals surface area contributed by atoms with Gasteiger partial charge in [0.2, 0.25) is 0 Å². The average Bonchev–Trinajstić information content (AvgIpc) is 2.54. The third kappa shape index (κ3) is 2.73. The number of ether oxygens (including phenoxy) is 1. The third-order valence-electron chi connectivity index (χ3n) is 4.61. The molecule has 21 heavy (non-hydrogen) atoms. The summed E-state index contributed by atoms with van der Waals surface area (Å²) >= 11 is 6.00. The second-order valence-electron chi connectivity index (χ2n) is 5.76. The molecule has 4 rings (SSSR count). The average molecular weight is 310 g/mol. The molecule has 1 aromatic carbocycles. The third-order valence-corrected chi connectivity index (χ3v) is 4.84. The summed E-state index contributed by atoms with van der Waals surface area (Å²) in [7, 11) is 1.54. The van der Waals surface area contributed by atoms with E-state index in [1.165, 1.54) is 12.1 Å². The van der Waals surface area contributed by atoms with E-state index in [9.17, 15) is 4.79 Å². The number of benzene rings is 1. The van der Waals surface area contributed by atoms with Gasteiger partial charge in [0.15, 0.2) is 0 Å².